The van der Waals surface area contributed by atoms with Crippen LogP contribution in [0.25, 0.3) is 27.9 Å². The average Bonchev–Trinajstić information content (AvgIpc) is 2.87. The summed E-state index contributed by atoms with van der Waals surface area (Å²) in [4.78, 5) is 13.8. The molecule has 0 amide bonds. The Bertz CT molecular complexity index is 878. The minimum atomic E-state index is 0.902. The molecule has 0 N–H and O–H groups in total. The van der Waals surface area contributed by atoms with E-state index in [0.717, 1.165) is 41.1 Å². The van der Waals surface area contributed by atoms with Gasteiger partial charge in [0, 0.05) is 17.1 Å². The van der Waals surface area contributed by atoms with Crippen molar-refractivity contribution in [1.29, 1.82) is 0 Å². The molecule has 0 saturated carbocycles. The Hall–Kier alpha value is -2.49. The van der Waals surface area contributed by atoms with Crippen LogP contribution < -0.4 is 0 Å². The second kappa shape index (κ2) is 4.27. The highest BCUT2D eigenvalue weighted by molar-refractivity contribution is 5.97. The molecule has 1 aromatic heterocycles. The normalized spacial score (nSPS) is 11.7. The second-order valence-corrected chi connectivity index (χ2v) is 4.94. The molecule has 0 saturated heterocycles. The molecule has 4 nitrogen and oxygen atoms in total. The van der Waals surface area contributed by atoms with Crippen molar-refractivity contribution in [3.8, 4) is 11.4 Å². The number of benzene rings is 1. The highest BCUT2D eigenvalue weighted by atomic mass is 15.1. The summed E-state index contributed by atoms with van der Waals surface area (Å²) in [5.74, 6) is 0.952. The van der Waals surface area contributed by atoms with Crippen LogP contribution in [-0.2, 0) is 6.42 Å². The van der Waals surface area contributed by atoms with Crippen LogP contribution in [0.3, 0.4) is 0 Å². The van der Waals surface area contributed by atoms with Crippen molar-refractivity contribution in [2.24, 2.45) is 0 Å². The highest BCUT2D eigenvalue weighted by Gasteiger charge is 2.19. The SMILES string of the molecule is CCCc1nc2ccncn2c2nc3ccccc3c1-2. The van der Waals surface area contributed by atoms with E-state index < -0.39 is 0 Å². The van der Waals surface area contributed by atoms with Crippen molar-refractivity contribution >= 4 is 16.6 Å². The minimum Gasteiger partial charge on any atom is -0.268 e. The lowest BCUT2D eigenvalue weighted by Gasteiger charge is -2.10. The van der Waals surface area contributed by atoms with Gasteiger partial charge in [0.05, 0.1) is 11.2 Å². The molecule has 4 heteroatoms. The average molecular weight is 262 g/mol. The lowest BCUT2D eigenvalue weighted by atomic mass is 10.1. The Kier molecular flexibility index (Phi) is 2.42. The third kappa shape index (κ3) is 1.51. The van der Waals surface area contributed by atoms with Gasteiger partial charge in [-0.2, -0.15) is 0 Å². The van der Waals surface area contributed by atoms with Crippen molar-refractivity contribution in [2.75, 3.05) is 0 Å². The maximum Gasteiger partial charge on any atom is 0.150 e. The Balaban J connectivity index is 2.22. The van der Waals surface area contributed by atoms with Crippen molar-refractivity contribution in [3.63, 3.8) is 0 Å². The molecule has 4 rings (SSSR count). The van der Waals surface area contributed by atoms with Gasteiger partial charge in [-0.15, -0.1) is 0 Å². The molecule has 0 radical (unpaired) electrons. The van der Waals surface area contributed by atoms with Crippen LogP contribution in [-0.4, -0.2) is 19.4 Å². The van der Waals surface area contributed by atoms with Crippen LogP contribution in [0.5, 0.6) is 0 Å². The molecular weight excluding hydrogens is 248 g/mol. The zero-order valence-corrected chi connectivity index (χ0v) is 11.2. The topological polar surface area (TPSA) is 43.1 Å². The molecule has 1 aromatic carbocycles. The van der Waals surface area contributed by atoms with Crippen LogP contribution >= 0.6 is 0 Å². The first kappa shape index (κ1) is 11.3. The molecule has 2 aliphatic rings. The first-order chi connectivity index (χ1) is 9.88. The fraction of sp³-hybridized carbons (Fsp3) is 0.188. The number of rotatable bonds is 2. The largest absolute Gasteiger partial charge is 0.268 e. The first-order valence-electron chi connectivity index (χ1n) is 6.88. The van der Waals surface area contributed by atoms with E-state index >= 15 is 0 Å². The van der Waals surface area contributed by atoms with Gasteiger partial charge in [-0.05, 0) is 18.6 Å². The van der Waals surface area contributed by atoms with Crippen LogP contribution in [0.2, 0.25) is 0 Å². The van der Waals surface area contributed by atoms with Crippen molar-refractivity contribution in [1.82, 2.24) is 19.4 Å². The van der Waals surface area contributed by atoms with Gasteiger partial charge in [-0.3, -0.25) is 4.40 Å². The summed E-state index contributed by atoms with van der Waals surface area (Å²) in [6.07, 6.45) is 5.59. The van der Waals surface area contributed by atoms with E-state index in [1.54, 1.807) is 12.5 Å². The lowest BCUT2D eigenvalue weighted by Crippen LogP contribution is -2.04. The van der Waals surface area contributed by atoms with E-state index in [9.17, 15) is 0 Å². The molecule has 20 heavy (non-hydrogen) atoms. The maximum atomic E-state index is 4.80. The van der Waals surface area contributed by atoms with E-state index in [1.165, 1.54) is 5.39 Å². The van der Waals surface area contributed by atoms with E-state index in [-0.39, 0.29) is 0 Å². The number of hydrogen-bond acceptors (Lipinski definition) is 3. The van der Waals surface area contributed by atoms with E-state index in [4.69, 9.17) is 9.97 Å². The van der Waals surface area contributed by atoms with E-state index in [2.05, 4.69) is 24.0 Å². The Morgan fingerprint density at radius 1 is 1.10 bits per heavy atom. The predicted molar refractivity (Wildman–Crippen MR) is 78.9 cm³/mol. The monoisotopic (exact) mass is 262 g/mol. The van der Waals surface area contributed by atoms with Gasteiger partial charge in [-0.1, -0.05) is 31.5 Å². The van der Waals surface area contributed by atoms with Crippen LogP contribution in [0.4, 0.5) is 0 Å². The zero-order valence-electron chi connectivity index (χ0n) is 11.2. The number of fused-ring (bicyclic) bond motifs is 5. The van der Waals surface area contributed by atoms with Gasteiger partial charge >= 0.3 is 0 Å². The zero-order chi connectivity index (χ0) is 13.5. The van der Waals surface area contributed by atoms with Gasteiger partial charge in [0.1, 0.15) is 17.8 Å². The summed E-state index contributed by atoms with van der Waals surface area (Å²) in [5.41, 5.74) is 4.21. The highest BCUT2D eigenvalue weighted by Crippen LogP contribution is 2.34. The van der Waals surface area contributed by atoms with Crippen LogP contribution in [0.1, 0.15) is 19.0 Å². The maximum absolute atomic E-state index is 4.80. The minimum absolute atomic E-state index is 0.902. The lowest BCUT2D eigenvalue weighted by molar-refractivity contribution is 0.873. The molecule has 0 spiro atoms. The van der Waals surface area contributed by atoms with Crippen LogP contribution in [0, 0.1) is 0 Å². The molecule has 0 aliphatic carbocycles. The smallest absolute Gasteiger partial charge is 0.150 e. The van der Waals surface area contributed by atoms with Gasteiger partial charge < -0.3 is 0 Å². The molecule has 0 atom stereocenters. The summed E-state index contributed by atoms with van der Waals surface area (Å²) in [7, 11) is 0. The quantitative estimate of drug-likeness (QED) is 0.556. The Labute approximate surface area is 116 Å². The van der Waals surface area contributed by atoms with Crippen molar-refractivity contribution in [3.05, 3.63) is 48.5 Å². The van der Waals surface area contributed by atoms with Gasteiger partial charge in [0.25, 0.3) is 0 Å². The van der Waals surface area contributed by atoms with Crippen molar-refractivity contribution < 1.29 is 0 Å². The fourth-order valence-electron chi connectivity index (χ4n) is 2.75. The third-order valence-corrected chi connectivity index (χ3v) is 3.62. The van der Waals surface area contributed by atoms with E-state index in [1.807, 2.05) is 22.6 Å². The summed E-state index contributed by atoms with van der Waals surface area (Å²) >= 11 is 0. The second-order valence-electron chi connectivity index (χ2n) is 4.94. The van der Waals surface area contributed by atoms with Gasteiger partial charge in [0.15, 0.2) is 0 Å². The number of hydrogen-bond donors (Lipinski definition) is 0. The predicted octanol–water partition coefficient (Wildman–Crippen LogP) is 3.33. The van der Waals surface area contributed by atoms with Gasteiger partial charge in [0.2, 0.25) is 0 Å². The molecule has 0 bridgehead atoms. The van der Waals surface area contributed by atoms with Crippen molar-refractivity contribution in [2.45, 2.75) is 19.8 Å². The van der Waals surface area contributed by atoms with Gasteiger partial charge in [-0.25, -0.2) is 15.0 Å². The van der Waals surface area contributed by atoms with E-state index in [0.29, 0.717) is 0 Å². The Morgan fingerprint density at radius 3 is 2.90 bits per heavy atom. The third-order valence-electron chi connectivity index (χ3n) is 3.62. The van der Waals surface area contributed by atoms with Crippen LogP contribution in [0.15, 0.2) is 42.9 Å². The molecule has 2 aliphatic heterocycles. The Morgan fingerprint density at radius 2 is 2.00 bits per heavy atom. The molecule has 0 fully saturated rings. The number of aromatic nitrogens is 4. The number of nitrogens with zero attached hydrogens (tertiary/aromatic N) is 4. The first-order valence-corrected chi connectivity index (χ1v) is 6.88. The summed E-state index contributed by atoms with van der Waals surface area (Å²) in [5, 5.41) is 1.18. The molecule has 98 valence electrons. The molecular formula is C16H14N4. The molecule has 0 unspecified atom stereocenters. The molecule has 2 aromatic rings. The molecule has 3 heterocycles. The summed E-state index contributed by atoms with van der Waals surface area (Å²) < 4.78 is 1.97. The fourth-order valence-corrected chi connectivity index (χ4v) is 2.75. The standard InChI is InChI=1S/C16H14N4/c1-2-5-13-15-11-6-3-4-7-12(11)19-16(15)20-10-17-9-8-14(20)18-13/h3-4,6-10H,2,5H2,1H3. The number of aryl methyl sites for hydroxylation is 1. The number of para-hydroxylation sites is 1. The summed E-state index contributed by atoms with van der Waals surface area (Å²) in [6.45, 7) is 2.18. The summed E-state index contributed by atoms with van der Waals surface area (Å²) in [6, 6.07) is 10.2.